The van der Waals surface area contributed by atoms with E-state index in [0.717, 1.165) is 11.1 Å². The molecule has 0 saturated heterocycles. The van der Waals surface area contributed by atoms with Crippen LogP contribution in [0.4, 0.5) is 11.4 Å². The van der Waals surface area contributed by atoms with Gasteiger partial charge in [0.15, 0.2) is 12.2 Å². The SMILES string of the molecule is NS(=O)(=O)c1ccc(N=CC2C(=O)Nc3ccc(-c4cnco4)cc32)cc1. The maximum Gasteiger partial charge on any atom is 0.238 e. The standard InChI is InChI=1S/C18H14N4O4S/c19-27(24,25)13-4-2-12(3-5-13)21-8-15-14-7-11(17-9-20-10-26-17)1-6-16(14)22-18(15)23/h1-10,15H,(H,22,23)(H2,19,24,25). The molecular weight excluding hydrogens is 368 g/mol. The Hall–Kier alpha value is -3.30. The molecule has 0 bridgehead atoms. The number of amides is 1. The van der Waals surface area contributed by atoms with E-state index in [9.17, 15) is 13.2 Å². The summed E-state index contributed by atoms with van der Waals surface area (Å²) < 4.78 is 27.9. The number of aromatic nitrogens is 1. The van der Waals surface area contributed by atoms with E-state index in [4.69, 9.17) is 9.56 Å². The van der Waals surface area contributed by atoms with Crippen molar-refractivity contribution in [3.63, 3.8) is 0 Å². The number of benzene rings is 2. The van der Waals surface area contributed by atoms with Crippen molar-refractivity contribution in [1.29, 1.82) is 0 Å². The fraction of sp³-hybridized carbons (Fsp3) is 0.0556. The zero-order valence-electron chi connectivity index (χ0n) is 13.9. The summed E-state index contributed by atoms with van der Waals surface area (Å²) in [6, 6.07) is 11.3. The minimum atomic E-state index is -3.76. The van der Waals surface area contributed by atoms with Crippen molar-refractivity contribution in [3.05, 3.63) is 60.6 Å². The van der Waals surface area contributed by atoms with Gasteiger partial charge in [-0.3, -0.25) is 9.79 Å². The van der Waals surface area contributed by atoms with Gasteiger partial charge in [-0.1, -0.05) is 0 Å². The van der Waals surface area contributed by atoms with Gasteiger partial charge in [-0.15, -0.1) is 0 Å². The number of carbonyl (C=O) groups is 1. The Morgan fingerprint density at radius 3 is 2.63 bits per heavy atom. The highest BCUT2D eigenvalue weighted by Crippen LogP contribution is 2.35. The van der Waals surface area contributed by atoms with E-state index in [1.165, 1.54) is 36.9 Å². The number of oxazole rings is 1. The van der Waals surface area contributed by atoms with Gasteiger partial charge in [-0.05, 0) is 48.0 Å². The molecule has 0 spiro atoms. The zero-order valence-corrected chi connectivity index (χ0v) is 14.7. The third-order valence-electron chi connectivity index (χ3n) is 4.18. The highest BCUT2D eigenvalue weighted by atomic mass is 32.2. The normalized spacial score (nSPS) is 16.5. The molecule has 3 N–H and O–H groups in total. The molecule has 1 aromatic heterocycles. The minimum absolute atomic E-state index is 0.00195. The van der Waals surface area contributed by atoms with Gasteiger partial charge in [-0.2, -0.15) is 0 Å². The predicted molar refractivity (Wildman–Crippen MR) is 99.3 cm³/mol. The van der Waals surface area contributed by atoms with Gasteiger partial charge in [0.1, 0.15) is 5.92 Å². The van der Waals surface area contributed by atoms with Crippen LogP contribution in [-0.2, 0) is 14.8 Å². The first kappa shape index (κ1) is 17.1. The molecule has 0 saturated carbocycles. The summed E-state index contributed by atoms with van der Waals surface area (Å²) in [4.78, 5) is 20.5. The average Bonchev–Trinajstić information content (AvgIpc) is 3.26. The number of primary sulfonamides is 1. The molecule has 4 rings (SSSR count). The van der Waals surface area contributed by atoms with Crippen molar-refractivity contribution in [3.8, 4) is 11.3 Å². The largest absolute Gasteiger partial charge is 0.444 e. The Balaban J connectivity index is 1.63. The zero-order chi connectivity index (χ0) is 19.0. The first-order chi connectivity index (χ1) is 12.9. The molecule has 1 amide bonds. The number of hydrogen-bond acceptors (Lipinski definition) is 6. The van der Waals surface area contributed by atoms with Gasteiger partial charge in [0, 0.05) is 17.5 Å². The average molecular weight is 382 g/mol. The Kier molecular flexibility index (Phi) is 4.09. The Bertz CT molecular complexity index is 1140. The molecule has 27 heavy (non-hydrogen) atoms. The van der Waals surface area contributed by atoms with Gasteiger partial charge in [0.05, 0.1) is 16.8 Å². The van der Waals surface area contributed by atoms with Crippen molar-refractivity contribution in [1.82, 2.24) is 4.98 Å². The second kappa shape index (κ2) is 6.45. The number of aliphatic imine (C=N–C) groups is 1. The maximum absolute atomic E-state index is 12.3. The van der Waals surface area contributed by atoms with Crippen LogP contribution in [0, 0.1) is 0 Å². The molecule has 1 aliphatic heterocycles. The summed E-state index contributed by atoms with van der Waals surface area (Å²) >= 11 is 0. The number of carbonyl (C=O) groups excluding carboxylic acids is 1. The van der Waals surface area contributed by atoms with Crippen LogP contribution in [0.15, 0.2) is 69.4 Å². The van der Waals surface area contributed by atoms with E-state index in [1.54, 1.807) is 12.3 Å². The lowest BCUT2D eigenvalue weighted by molar-refractivity contribution is -0.115. The number of hydrogen-bond donors (Lipinski definition) is 2. The Labute approximate surface area is 154 Å². The molecule has 3 aromatic rings. The number of nitrogens with zero attached hydrogens (tertiary/aromatic N) is 2. The summed E-state index contributed by atoms with van der Waals surface area (Å²) in [5, 5.41) is 7.89. The quantitative estimate of drug-likeness (QED) is 0.670. The second-order valence-electron chi connectivity index (χ2n) is 5.95. The van der Waals surface area contributed by atoms with Crippen LogP contribution >= 0.6 is 0 Å². The van der Waals surface area contributed by atoms with Crippen LogP contribution in [0.5, 0.6) is 0 Å². The fourth-order valence-electron chi connectivity index (χ4n) is 2.83. The molecule has 2 heterocycles. The molecule has 8 nitrogen and oxygen atoms in total. The van der Waals surface area contributed by atoms with Crippen LogP contribution in [0.3, 0.4) is 0 Å². The van der Waals surface area contributed by atoms with E-state index in [-0.39, 0.29) is 10.8 Å². The van der Waals surface area contributed by atoms with Gasteiger partial charge in [-0.25, -0.2) is 18.5 Å². The van der Waals surface area contributed by atoms with Gasteiger partial charge in [0.25, 0.3) is 0 Å². The number of sulfonamides is 1. The molecule has 0 aliphatic carbocycles. The Morgan fingerprint density at radius 2 is 1.96 bits per heavy atom. The minimum Gasteiger partial charge on any atom is -0.444 e. The van der Waals surface area contributed by atoms with E-state index in [0.29, 0.717) is 17.1 Å². The van der Waals surface area contributed by atoms with E-state index in [2.05, 4.69) is 15.3 Å². The van der Waals surface area contributed by atoms with Crippen molar-refractivity contribution in [2.75, 3.05) is 5.32 Å². The second-order valence-corrected chi connectivity index (χ2v) is 7.51. The van der Waals surface area contributed by atoms with Crippen molar-refractivity contribution < 1.29 is 17.6 Å². The monoisotopic (exact) mass is 382 g/mol. The van der Waals surface area contributed by atoms with Crippen LogP contribution in [0.25, 0.3) is 11.3 Å². The number of nitrogens with two attached hydrogens (primary N) is 1. The molecule has 1 aliphatic rings. The van der Waals surface area contributed by atoms with Crippen LogP contribution < -0.4 is 10.5 Å². The van der Waals surface area contributed by atoms with E-state index < -0.39 is 15.9 Å². The lowest BCUT2D eigenvalue weighted by atomic mass is 9.99. The highest BCUT2D eigenvalue weighted by Gasteiger charge is 2.29. The number of anilines is 1. The first-order valence-electron chi connectivity index (χ1n) is 7.92. The topological polar surface area (TPSA) is 128 Å². The fourth-order valence-corrected chi connectivity index (χ4v) is 3.34. The van der Waals surface area contributed by atoms with E-state index in [1.807, 2.05) is 12.1 Å². The molecule has 9 heteroatoms. The summed E-state index contributed by atoms with van der Waals surface area (Å²) in [6.45, 7) is 0. The van der Waals surface area contributed by atoms with Gasteiger partial charge in [0.2, 0.25) is 15.9 Å². The van der Waals surface area contributed by atoms with Crippen LogP contribution in [-0.4, -0.2) is 25.5 Å². The molecule has 0 fully saturated rings. The summed E-state index contributed by atoms with van der Waals surface area (Å²) in [5.41, 5.74) is 2.80. The number of fused-ring (bicyclic) bond motifs is 1. The van der Waals surface area contributed by atoms with Gasteiger partial charge >= 0.3 is 0 Å². The van der Waals surface area contributed by atoms with Crippen molar-refractivity contribution in [2.24, 2.45) is 10.1 Å². The Morgan fingerprint density at radius 1 is 1.19 bits per heavy atom. The lowest BCUT2D eigenvalue weighted by Crippen LogP contribution is -2.13. The van der Waals surface area contributed by atoms with E-state index >= 15 is 0 Å². The maximum atomic E-state index is 12.3. The molecule has 1 atom stereocenters. The number of rotatable bonds is 4. The van der Waals surface area contributed by atoms with Crippen molar-refractivity contribution >= 4 is 33.5 Å². The van der Waals surface area contributed by atoms with Crippen molar-refractivity contribution in [2.45, 2.75) is 10.8 Å². The smallest absolute Gasteiger partial charge is 0.238 e. The lowest BCUT2D eigenvalue weighted by Gasteiger charge is -2.05. The first-order valence-corrected chi connectivity index (χ1v) is 9.47. The highest BCUT2D eigenvalue weighted by molar-refractivity contribution is 7.89. The van der Waals surface area contributed by atoms with Crippen LogP contribution in [0.1, 0.15) is 11.5 Å². The molecule has 1 unspecified atom stereocenters. The molecule has 136 valence electrons. The summed E-state index contributed by atoms with van der Waals surface area (Å²) in [6.07, 6.45) is 4.47. The predicted octanol–water partition coefficient (Wildman–Crippen LogP) is 2.43. The van der Waals surface area contributed by atoms with Crippen LogP contribution in [0.2, 0.25) is 0 Å². The third-order valence-corrected chi connectivity index (χ3v) is 5.11. The summed E-state index contributed by atoms with van der Waals surface area (Å²) in [5.74, 6) is -0.156. The molecule has 2 aromatic carbocycles. The molecular formula is C18H14N4O4S. The molecule has 0 radical (unpaired) electrons. The number of nitrogens with one attached hydrogen (secondary N) is 1. The third kappa shape index (κ3) is 3.37. The van der Waals surface area contributed by atoms with Gasteiger partial charge < -0.3 is 9.73 Å². The summed E-state index contributed by atoms with van der Waals surface area (Å²) in [7, 11) is -3.76.